The Morgan fingerprint density at radius 2 is 1.47 bits per heavy atom. The molecule has 0 atom stereocenters. The van der Waals surface area contributed by atoms with Crippen LogP contribution in [0.2, 0.25) is 0 Å². The number of ether oxygens (including phenoxy) is 3. The number of hydrogen-bond donors (Lipinski definition) is 1. The van der Waals surface area contributed by atoms with Crippen LogP contribution in [0.15, 0.2) is 65.6 Å². The van der Waals surface area contributed by atoms with E-state index in [0.717, 1.165) is 15.4 Å². The number of carbonyl (C=O) groups is 1. The number of benzene rings is 3. The van der Waals surface area contributed by atoms with E-state index in [2.05, 4.69) is 5.32 Å². The molecule has 3 aromatic carbocycles. The normalized spacial score (nSPS) is 11.0. The van der Waals surface area contributed by atoms with Crippen molar-refractivity contribution in [2.45, 2.75) is 18.7 Å². The molecule has 8 nitrogen and oxygen atoms in total. The van der Waals surface area contributed by atoms with E-state index in [9.17, 15) is 13.2 Å². The molecule has 34 heavy (non-hydrogen) atoms. The number of rotatable bonds is 9. The van der Waals surface area contributed by atoms with E-state index in [4.69, 9.17) is 14.2 Å². The summed E-state index contributed by atoms with van der Waals surface area (Å²) < 4.78 is 44.4. The van der Waals surface area contributed by atoms with E-state index in [-0.39, 0.29) is 10.6 Å². The summed E-state index contributed by atoms with van der Waals surface area (Å²) in [6.45, 7) is 3.23. The van der Waals surface area contributed by atoms with Crippen LogP contribution in [-0.4, -0.2) is 42.2 Å². The fraction of sp³-hybridized carbons (Fsp3) is 0.240. The monoisotopic (exact) mass is 484 g/mol. The number of carbonyl (C=O) groups excluding carboxylic acids is 1. The van der Waals surface area contributed by atoms with Crippen LogP contribution in [0.25, 0.3) is 0 Å². The van der Waals surface area contributed by atoms with Gasteiger partial charge in [-0.1, -0.05) is 23.8 Å². The molecule has 0 saturated heterocycles. The van der Waals surface area contributed by atoms with Crippen LogP contribution < -0.4 is 23.8 Å². The van der Waals surface area contributed by atoms with Gasteiger partial charge in [-0.2, -0.15) is 0 Å². The molecule has 0 heterocycles. The summed E-state index contributed by atoms with van der Waals surface area (Å²) in [5.74, 6) is 0.599. The molecule has 0 aliphatic rings. The predicted octanol–water partition coefficient (Wildman–Crippen LogP) is 4.16. The average Bonchev–Trinajstić information content (AvgIpc) is 2.83. The molecular weight excluding hydrogens is 456 g/mol. The van der Waals surface area contributed by atoms with E-state index in [1.165, 1.54) is 27.4 Å². The number of methoxy groups -OCH3 is 3. The molecule has 0 bridgehead atoms. The third-order valence-corrected chi connectivity index (χ3v) is 6.97. The standard InChI is InChI=1S/C25H28N2O6S/c1-17-6-9-19(10-7-17)27(34(29,30)24-14-18(2)8-13-22(24)32-4)16-25(28)26-21-12-11-20(31-3)15-23(21)33-5/h6-15H,16H2,1-5H3,(H,26,28). The molecule has 9 heteroatoms. The lowest BCUT2D eigenvalue weighted by atomic mass is 10.2. The minimum Gasteiger partial charge on any atom is -0.497 e. The molecular formula is C25H28N2O6S. The van der Waals surface area contributed by atoms with Gasteiger partial charge in [0, 0.05) is 6.07 Å². The molecule has 0 aromatic heterocycles. The molecule has 0 fully saturated rings. The Bertz CT molecular complexity index is 1270. The second kappa shape index (κ2) is 10.5. The Kier molecular flexibility index (Phi) is 7.68. The average molecular weight is 485 g/mol. The summed E-state index contributed by atoms with van der Waals surface area (Å²) in [7, 11) is 0.250. The van der Waals surface area contributed by atoms with E-state index in [1.54, 1.807) is 61.5 Å². The number of aryl methyl sites for hydroxylation is 2. The smallest absolute Gasteiger partial charge is 0.268 e. The quantitative estimate of drug-likeness (QED) is 0.490. The molecule has 0 aliphatic carbocycles. The summed E-state index contributed by atoms with van der Waals surface area (Å²) in [5.41, 5.74) is 2.45. The van der Waals surface area contributed by atoms with Gasteiger partial charge in [0.25, 0.3) is 10.0 Å². The first kappa shape index (κ1) is 24.9. The summed E-state index contributed by atoms with van der Waals surface area (Å²) >= 11 is 0. The summed E-state index contributed by atoms with van der Waals surface area (Å²) in [4.78, 5) is 13.0. The minimum atomic E-state index is -4.15. The van der Waals surface area contributed by atoms with Gasteiger partial charge in [-0.3, -0.25) is 9.10 Å². The fourth-order valence-electron chi connectivity index (χ4n) is 3.35. The SMILES string of the molecule is COc1ccc(NC(=O)CN(c2ccc(C)cc2)S(=O)(=O)c2cc(C)ccc2OC)c(OC)c1. The number of nitrogens with zero attached hydrogens (tertiary/aromatic N) is 1. The van der Waals surface area contributed by atoms with E-state index < -0.39 is 22.5 Å². The maximum absolute atomic E-state index is 13.8. The lowest BCUT2D eigenvalue weighted by Crippen LogP contribution is -2.38. The highest BCUT2D eigenvalue weighted by Crippen LogP contribution is 2.32. The molecule has 0 aliphatic heterocycles. The van der Waals surface area contributed by atoms with Gasteiger partial charge in [0.2, 0.25) is 5.91 Å². The van der Waals surface area contributed by atoms with Crippen LogP contribution in [0.1, 0.15) is 11.1 Å². The summed E-state index contributed by atoms with van der Waals surface area (Å²) in [6, 6.07) is 16.7. The summed E-state index contributed by atoms with van der Waals surface area (Å²) in [5, 5.41) is 2.73. The van der Waals surface area contributed by atoms with Gasteiger partial charge in [0.15, 0.2) is 0 Å². The molecule has 0 unspecified atom stereocenters. The van der Waals surface area contributed by atoms with Gasteiger partial charge in [0.05, 0.1) is 32.7 Å². The molecule has 1 N–H and O–H groups in total. The second-order valence-electron chi connectivity index (χ2n) is 7.62. The highest BCUT2D eigenvalue weighted by atomic mass is 32.2. The predicted molar refractivity (Wildman–Crippen MR) is 132 cm³/mol. The number of hydrogen-bond acceptors (Lipinski definition) is 6. The molecule has 0 saturated carbocycles. The molecule has 0 radical (unpaired) electrons. The number of nitrogens with one attached hydrogen (secondary N) is 1. The summed E-state index contributed by atoms with van der Waals surface area (Å²) in [6.07, 6.45) is 0. The Morgan fingerprint density at radius 1 is 0.824 bits per heavy atom. The van der Waals surface area contributed by atoms with Gasteiger partial charge < -0.3 is 19.5 Å². The number of anilines is 2. The van der Waals surface area contributed by atoms with Crippen LogP contribution in [0.4, 0.5) is 11.4 Å². The minimum absolute atomic E-state index is 0.0228. The lowest BCUT2D eigenvalue weighted by Gasteiger charge is -2.25. The Hall–Kier alpha value is -3.72. The molecule has 180 valence electrons. The van der Waals surface area contributed by atoms with Crippen molar-refractivity contribution in [1.82, 2.24) is 0 Å². The lowest BCUT2D eigenvalue weighted by molar-refractivity contribution is -0.114. The Labute approximate surface area is 200 Å². The van der Waals surface area contributed by atoms with Crippen LogP contribution >= 0.6 is 0 Å². The largest absolute Gasteiger partial charge is 0.497 e. The molecule has 3 rings (SSSR count). The third kappa shape index (κ3) is 5.43. The van der Waals surface area contributed by atoms with E-state index in [0.29, 0.717) is 22.9 Å². The zero-order valence-electron chi connectivity index (χ0n) is 19.8. The van der Waals surface area contributed by atoms with Crippen molar-refractivity contribution in [3.8, 4) is 17.2 Å². The van der Waals surface area contributed by atoms with Crippen LogP contribution in [0.5, 0.6) is 17.2 Å². The van der Waals surface area contributed by atoms with Crippen LogP contribution in [0.3, 0.4) is 0 Å². The van der Waals surface area contributed by atoms with Crippen molar-refractivity contribution < 1.29 is 27.4 Å². The van der Waals surface area contributed by atoms with Crippen LogP contribution in [-0.2, 0) is 14.8 Å². The Balaban J connectivity index is 2.00. The van der Waals surface area contributed by atoms with Gasteiger partial charge in [-0.25, -0.2) is 8.42 Å². The van der Waals surface area contributed by atoms with Crippen molar-refractivity contribution in [3.05, 3.63) is 71.8 Å². The first-order valence-corrected chi connectivity index (χ1v) is 11.9. The highest BCUT2D eigenvalue weighted by Gasteiger charge is 2.30. The number of amides is 1. The second-order valence-corrected chi connectivity index (χ2v) is 9.45. The van der Waals surface area contributed by atoms with Crippen molar-refractivity contribution in [2.75, 3.05) is 37.5 Å². The maximum Gasteiger partial charge on any atom is 0.268 e. The molecule has 1 amide bonds. The topological polar surface area (TPSA) is 94.2 Å². The van der Waals surface area contributed by atoms with Gasteiger partial charge >= 0.3 is 0 Å². The fourth-order valence-corrected chi connectivity index (χ4v) is 5.02. The van der Waals surface area contributed by atoms with Crippen LogP contribution in [0, 0.1) is 13.8 Å². The molecule has 0 spiro atoms. The van der Waals surface area contributed by atoms with Crippen molar-refractivity contribution in [1.29, 1.82) is 0 Å². The third-order valence-electron chi connectivity index (χ3n) is 5.18. The first-order valence-electron chi connectivity index (χ1n) is 10.5. The maximum atomic E-state index is 13.8. The molecule has 3 aromatic rings. The van der Waals surface area contributed by atoms with Crippen molar-refractivity contribution in [3.63, 3.8) is 0 Å². The van der Waals surface area contributed by atoms with Crippen molar-refractivity contribution >= 4 is 27.3 Å². The van der Waals surface area contributed by atoms with Gasteiger partial charge in [0.1, 0.15) is 28.7 Å². The highest BCUT2D eigenvalue weighted by molar-refractivity contribution is 7.93. The van der Waals surface area contributed by atoms with Gasteiger partial charge in [-0.05, 0) is 55.8 Å². The van der Waals surface area contributed by atoms with E-state index in [1.807, 2.05) is 6.92 Å². The first-order chi connectivity index (χ1) is 16.2. The zero-order valence-corrected chi connectivity index (χ0v) is 20.6. The van der Waals surface area contributed by atoms with Crippen molar-refractivity contribution in [2.24, 2.45) is 0 Å². The Morgan fingerprint density at radius 3 is 2.09 bits per heavy atom. The number of sulfonamides is 1. The zero-order chi connectivity index (χ0) is 24.9. The van der Waals surface area contributed by atoms with E-state index >= 15 is 0 Å². The van der Waals surface area contributed by atoms with Gasteiger partial charge in [-0.15, -0.1) is 0 Å².